The Balaban J connectivity index is 1.15. The number of hydrogen-bond donors (Lipinski definition) is 2. The molecule has 1 amide bonds. The van der Waals surface area contributed by atoms with Crippen LogP contribution in [0.4, 0.5) is 4.39 Å². The van der Waals surface area contributed by atoms with E-state index in [-0.39, 0.29) is 56.0 Å². The number of hydrogen-bond acceptors (Lipinski definition) is 5. The summed E-state index contributed by atoms with van der Waals surface area (Å²) in [5.74, 6) is 0.635. The van der Waals surface area contributed by atoms with Gasteiger partial charge in [-0.1, -0.05) is 58.9 Å². The molecule has 0 unspecified atom stereocenters. The van der Waals surface area contributed by atoms with Crippen molar-refractivity contribution >= 4 is 27.3 Å². The van der Waals surface area contributed by atoms with Gasteiger partial charge in [0.2, 0.25) is 5.91 Å². The second kappa shape index (κ2) is 12.8. The Labute approximate surface area is 311 Å². The summed E-state index contributed by atoms with van der Waals surface area (Å²) in [6.45, 7) is 21.3. The molecule has 0 bridgehead atoms. The van der Waals surface area contributed by atoms with Crippen molar-refractivity contribution in [1.29, 1.82) is 0 Å². The van der Waals surface area contributed by atoms with E-state index in [4.69, 9.17) is 0 Å². The summed E-state index contributed by atoms with van der Waals surface area (Å²) in [5, 5.41) is 12.8. The minimum absolute atomic E-state index is 0.0661. The molecule has 52 heavy (non-hydrogen) atoms. The fourth-order valence-corrected chi connectivity index (χ4v) is 15.2. The molecule has 5 aliphatic carbocycles. The highest BCUT2D eigenvalue weighted by Gasteiger charge is 2.71. The Morgan fingerprint density at radius 2 is 1.67 bits per heavy atom. The van der Waals surface area contributed by atoms with Crippen LogP contribution >= 0.6 is 0 Å². The van der Waals surface area contributed by atoms with Crippen molar-refractivity contribution < 1.29 is 27.5 Å². The van der Waals surface area contributed by atoms with E-state index in [9.17, 15) is 27.5 Å². The Morgan fingerprint density at radius 1 is 0.962 bits per heavy atom. The average Bonchev–Trinajstić information content (AvgIpc) is 3.47. The first-order chi connectivity index (χ1) is 24.3. The number of carbonyl (C=O) groups is 2. The maximum absolute atomic E-state index is 14.9. The van der Waals surface area contributed by atoms with Crippen LogP contribution < -0.4 is 5.32 Å². The van der Waals surface area contributed by atoms with Gasteiger partial charge in [0, 0.05) is 26.2 Å². The summed E-state index contributed by atoms with van der Waals surface area (Å²) in [6.07, 6.45) is 11.6. The molecule has 286 valence electrons. The molecule has 9 heteroatoms. The van der Waals surface area contributed by atoms with E-state index >= 15 is 0 Å². The van der Waals surface area contributed by atoms with E-state index in [1.807, 2.05) is 0 Å². The average molecular weight is 737 g/mol. The van der Waals surface area contributed by atoms with Crippen LogP contribution in [-0.2, 0) is 14.6 Å². The molecule has 6 aliphatic rings. The molecule has 2 N–H and O–H groups in total. The molecular weight excluding hydrogens is 676 g/mol. The maximum atomic E-state index is 14.9. The Kier molecular flexibility index (Phi) is 9.28. The summed E-state index contributed by atoms with van der Waals surface area (Å²) in [5.41, 5.74) is 2.50. The third-order valence-electron chi connectivity index (χ3n) is 16.8. The van der Waals surface area contributed by atoms with Crippen LogP contribution in [0.25, 0.3) is 5.57 Å². The Bertz CT molecular complexity index is 1790. The number of fused-ring (bicyclic) bond motifs is 7. The van der Waals surface area contributed by atoms with Crippen molar-refractivity contribution in [3.05, 3.63) is 53.4 Å². The van der Waals surface area contributed by atoms with Crippen molar-refractivity contribution in [2.75, 3.05) is 37.7 Å². The first kappa shape index (κ1) is 37.8. The van der Waals surface area contributed by atoms with Gasteiger partial charge in [-0.25, -0.2) is 17.6 Å². The summed E-state index contributed by atoms with van der Waals surface area (Å²) in [6, 6.07) is 4.61. The standard InChI is InChI=1S/C43H61FN2O5S/c1-27(2)29-12-17-43(38(49)45-20-21-46-22-24-52(50,51)25-23-46)19-18-41(6)32(36(29)43)10-11-35-40(5)15-13-31(28-8-9-30(37(47)48)33(44)26-28)39(3,4)34(40)14-16-42(35,41)7/h8-9,13,26,29,32,34-36H,1,10-12,14-25H2,2-7H3,(H,45,49)(H,47,48)/t29-,32+,34-,35+,36+,40-,41+,42+,43-/m0/s1. The van der Waals surface area contributed by atoms with Crippen molar-refractivity contribution in [2.45, 2.75) is 99.3 Å². The number of benzene rings is 1. The van der Waals surface area contributed by atoms with E-state index in [1.54, 1.807) is 6.07 Å². The first-order valence-corrected chi connectivity index (χ1v) is 21.7. The van der Waals surface area contributed by atoms with Crippen LogP contribution in [0.5, 0.6) is 0 Å². The van der Waals surface area contributed by atoms with Gasteiger partial charge in [-0.2, -0.15) is 0 Å². The van der Waals surface area contributed by atoms with E-state index in [0.29, 0.717) is 49.9 Å². The minimum atomic E-state index is -2.94. The summed E-state index contributed by atoms with van der Waals surface area (Å²) < 4.78 is 38.8. The lowest BCUT2D eigenvalue weighted by Crippen LogP contribution is -2.66. The third-order valence-corrected chi connectivity index (χ3v) is 18.4. The molecule has 0 radical (unpaired) electrons. The van der Waals surface area contributed by atoms with Crippen LogP contribution in [0.15, 0.2) is 36.4 Å². The molecule has 5 fully saturated rings. The number of halogens is 1. The topological polar surface area (TPSA) is 104 Å². The number of aromatic carboxylic acids is 1. The molecule has 1 aliphatic heterocycles. The monoisotopic (exact) mass is 736 g/mol. The lowest BCUT2D eigenvalue weighted by atomic mass is 9.32. The number of carboxylic acid groups (broad SMARTS) is 1. The van der Waals surface area contributed by atoms with Crippen LogP contribution in [0, 0.1) is 62.5 Å². The number of nitrogens with one attached hydrogen (secondary N) is 1. The number of rotatable bonds is 7. The van der Waals surface area contributed by atoms with Crippen LogP contribution in [0.2, 0.25) is 0 Å². The molecule has 1 aromatic rings. The number of amides is 1. The summed E-state index contributed by atoms with van der Waals surface area (Å²) in [7, 11) is -2.94. The van der Waals surface area contributed by atoms with E-state index in [0.717, 1.165) is 68.9 Å². The third kappa shape index (κ3) is 5.59. The highest BCUT2D eigenvalue weighted by molar-refractivity contribution is 7.91. The number of carboxylic acids is 1. The summed E-state index contributed by atoms with van der Waals surface area (Å²) in [4.78, 5) is 28.2. The predicted molar refractivity (Wildman–Crippen MR) is 204 cm³/mol. The van der Waals surface area contributed by atoms with Crippen LogP contribution in [0.3, 0.4) is 0 Å². The quantitative estimate of drug-likeness (QED) is 0.275. The van der Waals surface area contributed by atoms with Crippen LogP contribution in [0.1, 0.15) is 115 Å². The molecule has 7 nitrogen and oxygen atoms in total. The minimum Gasteiger partial charge on any atom is -0.478 e. The van der Waals surface area contributed by atoms with Gasteiger partial charge in [0.15, 0.2) is 9.84 Å². The van der Waals surface area contributed by atoms with Gasteiger partial charge in [-0.05, 0) is 139 Å². The maximum Gasteiger partial charge on any atom is 0.338 e. The van der Waals surface area contributed by atoms with Gasteiger partial charge in [0.05, 0.1) is 22.5 Å². The van der Waals surface area contributed by atoms with Gasteiger partial charge in [-0.15, -0.1) is 0 Å². The Morgan fingerprint density at radius 3 is 2.33 bits per heavy atom. The van der Waals surface area contributed by atoms with Gasteiger partial charge in [0.1, 0.15) is 5.82 Å². The van der Waals surface area contributed by atoms with Crippen molar-refractivity contribution in [3.63, 3.8) is 0 Å². The zero-order valence-corrected chi connectivity index (χ0v) is 33.1. The largest absolute Gasteiger partial charge is 0.478 e. The van der Waals surface area contributed by atoms with Crippen molar-refractivity contribution in [2.24, 2.45) is 56.7 Å². The molecule has 1 heterocycles. The smallest absolute Gasteiger partial charge is 0.338 e. The van der Waals surface area contributed by atoms with Gasteiger partial charge in [-0.3, -0.25) is 9.69 Å². The highest BCUT2D eigenvalue weighted by atomic mass is 32.2. The Hall–Kier alpha value is -2.52. The van der Waals surface area contributed by atoms with Crippen LogP contribution in [-0.4, -0.2) is 68.0 Å². The number of allylic oxidation sites excluding steroid dienone is 3. The SMILES string of the molecule is C=C(C)[C@@H]1CC[C@]2(C(=O)NCCN3CCS(=O)(=O)CC3)CC[C@]3(C)[C@H](CC[C@@H]4[C@@]5(C)CC=C(c6ccc(C(=O)O)c(F)c6)C(C)(C)[C@@H]5CC[C@]43C)[C@@H]12. The molecule has 9 atom stereocenters. The fourth-order valence-electron chi connectivity index (χ4n) is 14.0. The molecule has 4 saturated carbocycles. The second-order valence-electron chi connectivity index (χ2n) is 19.1. The molecule has 0 spiro atoms. The molecule has 1 saturated heterocycles. The number of carbonyl (C=O) groups excluding carboxylic acids is 1. The van der Waals surface area contributed by atoms with E-state index in [2.05, 4.69) is 64.4 Å². The van der Waals surface area contributed by atoms with Gasteiger partial charge >= 0.3 is 5.97 Å². The number of sulfone groups is 1. The van der Waals surface area contributed by atoms with Gasteiger partial charge < -0.3 is 10.4 Å². The molecule has 0 aromatic heterocycles. The van der Waals surface area contributed by atoms with E-state index in [1.165, 1.54) is 17.7 Å². The van der Waals surface area contributed by atoms with E-state index < -0.39 is 21.6 Å². The second-order valence-corrected chi connectivity index (χ2v) is 21.4. The zero-order chi connectivity index (χ0) is 37.6. The predicted octanol–water partition coefficient (Wildman–Crippen LogP) is 8.02. The molecular formula is C43H61FN2O5S. The fraction of sp³-hybridized carbons (Fsp3) is 0.721. The lowest BCUT2D eigenvalue weighted by Gasteiger charge is -2.72. The highest BCUT2D eigenvalue weighted by Crippen LogP contribution is 2.77. The molecule has 7 rings (SSSR count). The molecule has 1 aromatic carbocycles. The zero-order valence-electron chi connectivity index (χ0n) is 32.3. The lowest BCUT2D eigenvalue weighted by molar-refractivity contribution is -0.225. The van der Waals surface area contributed by atoms with Crippen molar-refractivity contribution in [1.82, 2.24) is 10.2 Å². The number of nitrogens with zero attached hydrogens (tertiary/aromatic N) is 1. The van der Waals surface area contributed by atoms with Crippen molar-refractivity contribution in [3.8, 4) is 0 Å². The van der Waals surface area contributed by atoms with Gasteiger partial charge in [0.25, 0.3) is 0 Å². The first-order valence-electron chi connectivity index (χ1n) is 19.9. The normalized spacial score (nSPS) is 40.7. The summed E-state index contributed by atoms with van der Waals surface area (Å²) >= 11 is 0.